The molecule has 0 aliphatic heterocycles. The van der Waals surface area contributed by atoms with E-state index in [9.17, 15) is 9.90 Å². The number of carbonyl (C=O) groups is 1. The molecular weight excluding hydrogens is 166 g/mol. The number of fused-ring (bicyclic) bond motifs is 1. The molecule has 0 N–H and O–H groups in total. The molecule has 3 heteroatoms. The summed E-state index contributed by atoms with van der Waals surface area (Å²) in [5, 5.41) is 11.4. The Labute approximate surface area is 75.2 Å². The molecule has 1 aromatic carbocycles. The van der Waals surface area contributed by atoms with E-state index < -0.39 is 5.97 Å². The summed E-state index contributed by atoms with van der Waals surface area (Å²) in [5.41, 5.74) is 1.15. The molecule has 2 aromatic rings. The summed E-state index contributed by atoms with van der Waals surface area (Å²) < 4.78 is 1.88. The molecular formula is C10H8NO2-. The van der Waals surface area contributed by atoms with Gasteiger partial charge in [-0.1, -0.05) is 12.1 Å². The molecule has 0 atom stereocenters. The second-order valence-electron chi connectivity index (χ2n) is 2.95. The number of benzene rings is 1. The summed E-state index contributed by atoms with van der Waals surface area (Å²) in [5.74, 6) is -1.13. The molecule has 1 heterocycles. The number of aryl methyl sites for hydroxylation is 1. The number of carboxylic acids is 1. The Balaban J connectivity index is 2.84. The molecule has 13 heavy (non-hydrogen) atoms. The van der Waals surface area contributed by atoms with Crippen LogP contribution in [0.5, 0.6) is 0 Å². The van der Waals surface area contributed by atoms with Crippen molar-refractivity contribution in [2.75, 3.05) is 0 Å². The third-order valence-electron chi connectivity index (χ3n) is 2.15. The van der Waals surface area contributed by atoms with Crippen LogP contribution in [0.1, 0.15) is 10.4 Å². The number of rotatable bonds is 1. The molecule has 0 radical (unpaired) electrons. The van der Waals surface area contributed by atoms with Gasteiger partial charge < -0.3 is 14.5 Å². The van der Waals surface area contributed by atoms with Crippen molar-refractivity contribution in [3.8, 4) is 0 Å². The highest BCUT2D eigenvalue weighted by Gasteiger charge is 2.02. The van der Waals surface area contributed by atoms with E-state index in [-0.39, 0.29) is 5.56 Å². The predicted octanol–water partition coefficient (Wildman–Crippen LogP) is 0.542. The minimum atomic E-state index is -1.13. The van der Waals surface area contributed by atoms with Crippen molar-refractivity contribution in [2.45, 2.75) is 0 Å². The van der Waals surface area contributed by atoms with Crippen LogP contribution >= 0.6 is 0 Å². The van der Waals surface area contributed by atoms with Crippen LogP contribution in [0.15, 0.2) is 30.5 Å². The second kappa shape index (κ2) is 2.62. The average Bonchev–Trinajstić information content (AvgIpc) is 2.48. The Bertz CT molecular complexity index is 471. The highest BCUT2D eigenvalue weighted by atomic mass is 16.4. The molecule has 1 aromatic heterocycles. The number of carbonyl (C=O) groups excluding carboxylic acids is 1. The third-order valence-corrected chi connectivity index (χ3v) is 2.15. The first-order chi connectivity index (χ1) is 6.20. The first-order valence-electron chi connectivity index (χ1n) is 3.95. The van der Waals surface area contributed by atoms with Crippen LogP contribution in [0.4, 0.5) is 0 Å². The quantitative estimate of drug-likeness (QED) is 0.633. The molecule has 0 aliphatic carbocycles. The highest BCUT2D eigenvalue weighted by Crippen LogP contribution is 2.18. The van der Waals surface area contributed by atoms with Gasteiger partial charge in [0.1, 0.15) is 0 Å². The summed E-state index contributed by atoms with van der Waals surface area (Å²) in [6, 6.07) is 6.92. The number of hydrogen-bond acceptors (Lipinski definition) is 2. The Hall–Kier alpha value is -1.77. The van der Waals surface area contributed by atoms with E-state index >= 15 is 0 Å². The summed E-state index contributed by atoms with van der Waals surface area (Å²) in [6.07, 6.45) is 1.83. The van der Waals surface area contributed by atoms with Gasteiger partial charge in [-0.2, -0.15) is 0 Å². The van der Waals surface area contributed by atoms with Gasteiger partial charge in [0, 0.05) is 29.7 Å². The van der Waals surface area contributed by atoms with Crippen LogP contribution in [0, 0.1) is 0 Å². The van der Waals surface area contributed by atoms with Crippen molar-refractivity contribution in [1.29, 1.82) is 0 Å². The molecule has 0 unspecified atom stereocenters. The van der Waals surface area contributed by atoms with Gasteiger partial charge in [0.25, 0.3) is 0 Å². The number of aromatic carboxylic acids is 1. The number of hydrogen-bond donors (Lipinski definition) is 0. The maximum Gasteiger partial charge on any atom is 0.0722 e. The lowest BCUT2D eigenvalue weighted by atomic mass is 10.1. The summed E-state index contributed by atoms with van der Waals surface area (Å²) in [4.78, 5) is 10.7. The van der Waals surface area contributed by atoms with Crippen LogP contribution in [0.2, 0.25) is 0 Å². The largest absolute Gasteiger partial charge is 0.545 e. The number of aromatic nitrogens is 1. The first kappa shape index (κ1) is 7.86. The molecule has 0 amide bonds. The minimum Gasteiger partial charge on any atom is -0.545 e. The molecule has 0 bridgehead atoms. The van der Waals surface area contributed by atoms with E-state index in [1.54, 1.807) is 18.2 Å². The molecule has 2 rings (SSSR count). The van der Waals surface area contributed by atoms with Crippen molar-refractivity contribution >= 4 is 16.9 Å². The summed E-state index contributed by atoms with van der Waals surface area (Å²) in [7, 11) is 1.88. The van der Waals surface area contributed by atoms with E-state index in [1.165, 1.54) is 0 Å². The van der Waals surface area contributed by atoms with E-state index in [1.807, 2.05) is 23.9 Å². The SMILES string of the molecule is Cn1ccc2c(C(=O)[O-])cccc21. The fraction of sp³-hybridized carbons (Fsp3) is 0.100. The Morgan fingerprint density at radius 2 is 2.15 bits per heavy atom. The van der Waals surface area contributed by atoms with E-state index in [0.717, 1.165) is 10.9 Å². The standard InChI is InChI=1S/C10H9NO2/c1-11-6-5-7-8(10(12)13)3-2-4-9(7)11/h2-6H,1H3,(H,12,13)/p-1. The van der Waals surface area contributed by atoms with Gasteiger partial charge in [-0.05, 0) is 12.1 Å². The van der Waals surface area contributed by atoms with Crippen molar-refractivity contribution in [2.24, 2.45) is 7.05 Å². The number of carboxylic acid groups (broad SMARTS) is 1. The second-order valence-corrected chi connectivity index (χ2v) is 2.95. The number of nitrogens with zero attached hydrogens (tertiary/aromatic N) is 1. The van der Waals surface area contributed by atoms with Crippen molar-refractivity contribution in [3.63, 3.8) is 0 Å². The topological polar surface area (TPSA) is 45.1 Å². The molecule has 0 saturated heterocycles. The summed E-state index contributed by atoms with van der Waals surface area (Å²) >= 11 is 0. The van der Waals surface area contributed by atoms with Crippen molar-refractivity contribution in [1.82, 2.24) is 4.57 Å². The molecule has 3 nitrogen and oxygen atoms in total. The van der Waals surface area contributed by atoms with Gasteiger partial charge in [-0.3, -0.25) is 0 Å². The molecule has 0 spiro atoms. The average molecular weight is 174 g/mol. The van der Waals surface area contributed by atoms with E-state index in [2.05, 4.69) is 0 Å². The third kappa shape index (κ3) is 1.09. The Morgan fingerprint density at radius 1 is 1.38 bits per heavy atom. The summed E-state index contributed by atoms with van der Waals surface area (Å²) in [6.45, 7) is 0. The van der Waals surface area contributed by atoms with Gasteiger partial charge in [0.15, 0.2) is 0 Å². The van der Waals surface area contributed by atoms with Gasteiger partial charge >= 0.3 is 0 Å². The fourth-order valence-corrected chi connectivity index (χ4v) is 1.48. The Morgan fingerprint density at radius 3 is 2.85 bits per heavy atom. The van der Waals surface area contributed by atoms with Gasteiger partial charge in [-0.15, -0.1) is 0 Å². The maximum absolute atomic E-state index is 10.7. The lowest BCUT2D eigenvalue weighted by molar-refractivity contribution is -0.254. The van der Waals surface area contributed by atoms with Gasteiger partial charge in [0.05, 0.1) is 5.97 Å². The molecule has 0 saturated carbocycles. The van der Waals surface area contributed by atoms with Crippen LogP contribution in [0.25, 0.3) is 10.9 Å². The van der Waals surface area contributed by atoms with E-state index in [4.69, 9.17) is 0 Å². The smallest absolute Gasteiger partial charge is 0.0722 e. The zero-order valence-corrected chi connectivity index (χ0v) is 7.15. The normalized spacial score (nSPS) is 10.5. The van der Waals surface area contributed by atoms with Crippen LogP contribution < -0.4 is 5.11 Å². The molecule has 0 aliphatic rings. The van der Waals surface area contributed by atoms with Crippen LogP contribution in [0.3, 0.4) is 0 Å². The minimum absolute atomic E-state index is 0.248. The molecule has 66 valence electrons. The van der Waals surface area contributed by atoms with Crippen molar-refractivity contribution < 1.29 is 9.90 Å². The lowest BCUT2D eigenvalue weighted by Crippen LogP contribution is -2.22. The zero-order chi connectivity index (χ0) is 9.42. The maximum atomic E-state index is 10.7. The Kier molecular flexibility index (Phi) is 1.59. The fourth-order valence-electron chi connectivity index (χ4n) is 1.48. The van der Waals surface area contributed by atoms with Crippen LogP contribution in [-0.4, -0.2) is 10.5 Å². The molecule has 0 fully saturated rings. The highest BCUT2D eigenvalue weighted by molar-refractivity contribution is 6.01. The van der Waals surface area contributed by atoms with E-state index in [0.29, 0.717) is 0 Å². The van der Waals surface area contributed by atoms with Crippen LogP contribution in [-0.2, 0) is 7.05 Å². The van der Waals surface area contributed by atoms with Crippen molar-refractivity contribution in [3.05, 3.63) is 36.0 Å². The monoisotopic (exact) mass is 174 g/mol. The van der Waals surface area contributed by atoms with Gasteiger partial charge in [-0.25, -0.2) is 0 Å². The zero-order valence-electron chi connectivity index (χ0n) is 7.15. The first-order valence-corrected chi connectivity index (χ1v) is 3.95. The predicted molar refractivity (Wildman–Crippen MR) is 47.2 cm³/mol. The van der Waals surface area contributed by atoms with Gasteiger partial charge in [0.2, 0.25) is 0 Å². The lowest BCUT2D eigenvalue weighted by Gasteiger charge is -2.04.